The predicted octanol–water partition coefficient (Wildman–Crippen LogP) is 0.219. The van der Waals surface area contributed by atoms with Crippen LogP contribution in [0.15, 0.2) is 17.3 Å². The minimum Gasteiger partial charge on any atom is -0.310 e. The van der Waals surface area contributed by atoms with Gasteiger partial charge in [0, 0.05) is 18.6 Å². The first-order chi connectivity index (χ1) is 8.08. The molecule has 1 aromatic heterocycles. The molecule has 2 heterocycles. The summed E-state index contributed by atoms with van der Waals surface area (Å²) in [4.78, 5) is 0. The molecular weight excluding hydrogens is 240 g/mol. The monoisotopic (exact) mass is 258 g/mol. The molecule has 3 N–H and O–H groups in total. The largest absolute Gasteiger partial charge is 0.310 e. The SMILES string of the molecule is CC1CCCC(CNS(=O)(=O)c2ccn[nH]2)N1. The van der Waals surface area contributed by atoms with Gasteiger partial charge in [-0.1, -0.05) is 6.42 Å². The number of hydrogen-bond acceptors (Lipinski definition) is 4. The van der Waals surface area contributed by atoms with Crippen LogP contribution in [0.25, 0.3) is 0 Å². The van der Waals surface area contributed by atoms with Gasteiger partial charge < -0.3 is 5.32 Å². The highest BCUT2D eigenvalue weighted by Crippen LogP contribution is 2.12. The number of H-pyrrole nitrogens is 1. The van der Waals surface area contributed by atoms with Crippen molar-refractivity contribution < 1.29 is 8.42 Å². The summed E-state index contributed by atoms with van der Waals surface area (Å²) in [6.45, 7) is 2.54. The lowest BCUT2D eigenvalue weighted by Gasteiger charge is -2.28. The number of nitrogens with zero attached hydrogens (tertiary/aromatic N) is 1. The lowest BCUT2D eigenvalue weighted by Crippen LogP contribution is -2.47. The van der Waals surface area contributed by atoms with E-state index < -0.39 is 10.0 Å². The maximum absolute atomic E-state index is 11.8. The highest BCUT2D eigenvalue weighted by Gasteiger charge is 2.21. The normalized spacial score (nSPS) is 25.9. The first-order valence-corrected chi connectivity index (χ1v) is 7.31. The minimum atomic E-state index is -3.44. The van der Waals surface area contributed by atoms with Crippen molar-refractivity contribution in [2.75, 3.05) is 6.54 Å². The van der Waals surface area contributed by atoms with Gasteiger partial charge in [-0.3, -0.25) is 5.10 Å². The Bertz CT molecular complexity index is 443. The Morgan fingerprint density at radius 1 is 1.53 bits per heavy atom. The van der Waals surface area contributed by atoms with Crippen LogP contribution in [0.3, 0.4) is 0 Å². The van der Waals surface area contributed by atoms with Crippen molar-refractivity contribution in [2.45, 2.75) is 43.3 Å². The van der Waals surface area contributed by atoms with Crippen molar-refractivity contribution in [3.63, 3.8) is 0 Å². The van der Waals surface area contributed by atoms with E-state index in [0.717, 1.165) is 19.3 Å². The number of piperidine rings is 1. The number of aromatic nitrogens is 2. The second-order valence-electron chi connectivity index (χ2n) is 4.47. The lowest BCUT2D eigenvalue weighted by molar-refractivity contribution is 0.334. The van der Waals surface area contributed by atoms with Crippen molar-refractivity contribution in [3.05, 3.63) is 12.3 Å². The molecule has 1 aromatic rings. The maximum Gasteiger partial charge on any atom is 0.257 e. The van der Waals surface area contributed by atoms with Gasteiger partial charge in [-0.15, -0.1) is 0 Å². The molecule has 17 heavy (non-hydrogen) atoms. The smallest absolute Gasteiger partial charge is 0.257 e. The van der Waals surface area contributed by atoms with E-state index in [4.69, 9.17) is 0 Å². The highest BCUT2D eigenvalue weighted by atomic mass is 32.2. The van der Waals surface area contributed by atoms with Crippen molar-refractivity contribution in [2.24, 2.45) is 0 Å². The van der Waals surface area contributed by atoms with E-state index in [1.165, 1.54) is 12.3 Å². The standard InChI is InChI=1S/C10H18N4O2S/c1-8-3-2-4-9(13-8)7-12-17(15,16)10-5-6-11-14-10/h5-6,8-9,12-13H,2-4,7H2,1H3,(H,11,14). The fourth-order valence-corrected chi connectivity index (χ4v) is 3.07. The number of rotatable bonds is 4. The van der Waals surface area contributed by atoms with Crippen molar-refractivity contribution in [1.82, 2.24) is 20.2 Å². The number of sulfonamides is 1. The van der Waals surface area contributed by atoms with Crippen LogP contribution in [-0.4, -0.2) is 37.2 Å². The molecule has 2 atom stereocenters. The Balaban J connectivity index is 1.89. The molecule has 1 aliphatic rings. The Labute approximate surface area is 101 Å². The molecule has 2 unspecified atom stereocenters. The second kappa shape index (κ2) is 5.16. The fraction of sp³-hybridized carbons (Fsp3) is 0.700. The Kier molecular flexibility index (Phi) is 3.80. The van der Waals surface area contributed by atoms with Crippen LogP contribution in [0.5, 0.6) is 0 Å². The van der Waals surface area contributed by atoms with Gasteiger partial charge in [-0.05, 0) is 25.8 Å². The third-order valence-electron chi connectivity index (χ3n) is 2.99. The van der Waals surface area contributed by atoms with E-state index >= 15 is 0 Å². The second-order valence-corrected chi connectivity index (χ2v) is 6.20. The molecule has 1 saturated heterocycles. The quantitative estimate of drug-likeness (QED) is 0.721. The summed E-state index contributed by atoms with van der Waals surface area (Å²) in [5, 5.41) is 9.58. The molecule has 2 rings (SSSR count). The highest BCUT2D eigenvalue weighted by molar-refractivity contribution is 7.89. The third-order valence-corrected chi connectivity index (χ3v) is 4.35. The van der Waals surface area contributed by atoms with Gasteiger partial charge in [0.2, 0.25) is 0 Å². The molecule has 0 bridgehead atoms. The topological polar surface area (TPSA) is 86.9 Å². The number of nitrogens with one attached hydrogen (secondary N) is 3. The molecule has 0 saturated carbocycles. The molecule has 0 spiro atoms. The van der Waals surface area contributed by atoms with Crippen molar-refractivity contribution in [3.8, 4) is 0 Å². The first-order valence-electron chi connectivity index (χ1n) is 5.83. The molecular formula is C10H18N4O2S. The maximum atomic E-state index is 11.8. The summed E-state index contributed by atoms with van der Waals surface area (Å²) in [6, 6.07) is 2.13. The van der Waals surface area contributed by atoms with Crippen LogP contribution >= 0.6 is 0 Å². The summed E-state index contributed by atoms with van der Waals surface area (Å²) >= 11 is 0. The van der Waals surface area contributed by atoms with Gasteiger partial charge in [-0.25, -0.2) is 13.1 Å². The Hall–Kier alpha value is -0.920. The number of hydrogen-bond donors (Lipinski definition) is 3. The number of aromatic amines is 1. The summed E-state index contributed by atoms with van der Waals surface area (Å²) < 4.78 is 26.2. The molecule has 0 aromatic carbocycles. The van der Waals surface area contributed by atoms with Gasteiger partial charge in [0.25, 0.3) is 10.0 Å². The minimum absolute atomic E-state index is 0.112. The third kappa shape index (κ3) is 3.27. The van der Waals surface area contributed by atoms with Crippen molar-refractivity contribution >= 4 is 10.0 Å². The van der Waals surface area contributed by atoms with Gasteiger partial charge in [0.1, 0.15) is 0 Å². The molecule has 0 amide bonds. The fourth-order valence-electron chi connectivity index (χ4n) is 2.08. The zero-order valence-electron chi connectivity index (χ0n) is 9.81. The van der Waals surface area contributed by atoms with Crippen LogP contribution in [0.2, 0.25) is 0 Å². The molecule has 6 nitrogen and oxygen atoms in total. The molecule has 0 radical (unpaired) electrons. The van der Waals surface area contributed by atoms with E-state index in [-0.39, 0.29) is 11.1 Å². The summed E-state index contributed by atoms with van der Waals surface area (Å²) in [5.74, 6) is 0. The van der Waals surface area contributed by atoms with Gasteiger partial charge in [0.05, 0.1) is 6.20 Å². The summed E-state index contributed by atoms with van der Waals surface area (Å²) in [5.41, 5.74) is 0. The van der Waals surface area contributed by atoms with Crippen LogP contribution < -0.4 is 10.0 Å². The van der Waals surface area contributed by atoms with Crippen molar-refractivity contribution in [1.29, 1.82) is 0 Å². The van der Waals surface area contributed by atoms with Crippen LogP contribution in [0.4, 0.5) is 0 Å². The van der Waals surface area contributed by atoms with E-state index in [9.17, 15) is 8.42 Å². The van der Waals surface area contributed by atoms with E-state index in [1.54, 1.807) is 0 Å². The Morgan fingerprint density at radius 3 is 3.00 bits per heavy atom. The van der Waals surface area contributed by atoms with E-state index in [0.29, 0.717) is 12.6 Å². The van der Waals surface area contributed by atoms with Crippen LogP contribution in [0.1, 0.15) is 26.2 Å². The first kappa shape index (κ1) is 12.5. The predicted molar refractivity (Wildman–Crippen MR) is 64.0 cm³/mol. The molecule has 1 aliphatic heterocycles. The molecule has 1 fully saturated rings. The van der Waals surface area contributed by atoms with Crippen LogP contribution in [-0.2, 0) is 10.0 Å². The average Bonchev–Trinajstić information content (AvgIpc) is 2.81. The van der Waals surface area contributed by atoms with E-state index in [1.807, 2.05) is 0 Å². The molecule has 0 aliphatic carbocycles. The zero-order chi connectivity index (χ0) is 12.3. The summed E-state index contributed by atoms with van der Waals surface area (Å²) in [7, 11) is -3.44. The zero-order valence-corrected chi connectivity index (χ0v) is 10.6. The van der Waals surface area contributed by atoms with Crippen LogP contribution in [0, 0.1) is 0 Å². The molecule has 96 valence electrons. The van der Waals surface area contributed by atoms with Gasteiger partial charge in [0.15, 0.2) is 5.03 Å². The van der Waals surface area contributed by atoms with Gasteiger partial charge in [-0.2, -0.15) is 5.10 Å². The van der Waals surface area contributed by atoms with E-state index in [2.05, 4.69) is 27.2 Å². The Morgan fingerprint density at radius 2 is 2.35 bits per heavy atom. The summed E-state index contributed by atoms with van der Waals surface area (Å²) in [6.07, 6.45) is 4.74. The van der Waals surface area contributed by atoms with Gasteiger partial charge >= 0.3 is 0 Å². The lowest BCUT2D eigenvalue weighted by atomic mass is 10.00. The average molecular weight is 258 g/mol. The molecule has 7 heteroatoms.